The number of aliphatic hydroxyl groups excluding tert-OH is 2. The van der Waals surface area contributed by atoms with Crippen LogP contribution >= 0.6 is 0 Å². The smallest absolute Gasteiger partial charge is 0.183 e. The molecule has 2 rings (SSSR count). The Morgan fingerprint density at radius 3 is 2.14 bits per heavy atom. The molecule has 0 aliphatic heterocycles. The molecular formula is C28H36O8. The van der Waals surface area contributed by atoms with Gasteiger partial charge in [-0.05, 0) is 40.0 Å². The number of ketones is 3. The van der Waals surface area contributed by atoms with E-state index in [2.05, 4.69) is 0 Å². The summed E-state index contributed by atoms with van der Waals surface area (Å²) in [6.07, 6.45) is 2.48. The van der Waals surface area contributed by atoms with E-state index >= 15 is 0 Å². The minimum absolute atomic E-state index is 0.00733. The molecular weight excluding hydrogens is 464 g/mol. The van der Waals surface area contributed by atoms with Gasteiger partial charge in [0.1, 0.15) is 22.8 Å². The van der Waals surface area contributed by atoms with E-state index in [1.54, 1.807) is 19.9 Å². The number of rotatable bonds is 11. The third kappa shape index (κ3) is 5.32. The van der Waals surface area contributed by atoms with E-state index in [4.69, 9.17) is 4.74 Å². The van der Waals surface area contributed by atoms with Crippen LogP contribution in [0.15, 0.2) is 40.4 Å². The Kier molecular flexibility index (Phi) is 9.13. The van der Waals surface area contributed by atoms with E-state index in [9.17, 15) is 34.8 Å². The van der Waals surface area contributed by atoms with Crippen LogP contribution < -0.4 is 4.74 Å². The van der Waals surface area contributed by atoms with Gasteiger partial charge in [-0.2, -0.15) is 0 Å². The van der Waals surface area contributed by atoms with Gasteiger partial charge in [0.2, 0.25) is 0 Å². The van der Waals surface area contributed by atoms with Crippen molar-refractivity contribution in [2.45, 2.75) is 73.1 Å². The van der Waals surface area contributed by atoms with Crippen molar-refractivity contribution in [3.8, 4) is 17.2 Å². The topological polar surface area (TPSA) is 141 Å². The number of Topliss-reactive ketones (excluding diaryl/α,β-unsaturated/α-hetero) is 3. The number of ether oxygens (including phenoxy) is 1. The van der Waals surface area contributed by atoms with Crippen LogP contribution in [0.5, 0.6) is 17.2 Å². The summed E-state index contributed by atoms with van der Waals surface area (Å²) in [4.78, 5) is 39.3. The highest BCUT2D eigenvalue weighted by molar-refractivity contribution is 6.24. The van der Waals surface area contributed by atoms with Gasteiger partial charge >= 0.3 is 0 Å². The van der Waals surface area contributed by atoms with Crippen LogP contribution in [0, 0.1) is 5.41 Å². The summed E-state index contributed by atoms with van der Waals surface area (Å²) >= 11 is 0. The molecule has 0 aromatic heterocycles. The van der Waals surface area contributed by atoms with Gasteiger partial charge in [-0.15, -0.1) is 0 Å². The highest BCUT2D eigenvalue weighted by Gasteiger charge is 2.47. The maximum Gasteiger partial charge on any atom is 0.183 e. The largest absolute Gasteiger partial charge is 0.511 e. The number of phenolic OH excluding ortho intramolecular Hbond substituents is 2. The molecule has 0 spiro atoms. The summed E-state index contributed by atoms with van der Waals surface area (Å²) < 4.78 is 5.29. The van der Waals surface area contributed by atoms with Crippen molar-refractivity contribution in [3.63, 3.8) is 0 Å². The average molecular weight is 501 g/mol. The molecule has 0 saturated heterocycles. The maximum absolute atomic E-state index is 13.5. The Balaban J connectivity index is 2.88. The van der Waals surface area contributed by atoms with Crippen LogP contribution in [-0.4, -0.2) is 44.9 Å². The van der Waals surface area contributed by atoms with Crippen LogP contribution in [0.2, 0.25) is 0 Å². The number of aromatic hydroxyl groups is 2. The number of allylic oxidation sites excluding steroid dienone is 5. The Hall–Kier alpha value is -3.55. The van der Waals surface area contributed by atoms with Gasteiger partial charge < -0.3 is 25.2 Å². The molecule has 8 heteroatoms. The van der Waals surface area contributed by atoms with E-state index in [1.807, 2.05) is 13.8 Å². The first-order chi connectivity index (χ1) is 16.8. The fraction of sp³-hybridized carbons (Fsp3) is 0.464. The average Bonchev–Trinajstić information content (AvgIpc) is 2.82. The molecule has 0 heterocycles. The summed E-state index contributed by atoms with van der Waals surface area (Å²) in [5.74, 6) is -3.95. The molecule has 0 radical (unpaired) electrons. The van der Waals surface area contributed by atoms with E-state index in [1.165, 1.54) is 14.0 Å². The first-order valence-corrected chi connectivity index (χ1v) is 12.1. The summed E-state index contributed by atoms with van der Waals surface area (Å²) in [6.45, 7) is 8.72. The quantitative estimate of drug-likeness (QED) is 0.134. The van der Waals surface area contributed by atoms with Gasteiger partial charge in [0.15, 0.2) is 28.8 Å². The number of aliphatic hydroxyl groups is 2. The van der Waals surface area contributed by atoms with Crippen molar-refractivity contribution in [2.24, 2.45) is 5.41 Å². The standard InChI is InChI=1S/C28H36O8/c1-7-9-18(29)22-16(24(32)20(31)14-21(22)36-6)13-17-25(33)23(19(30)10-8-2)27(35)28(5,26(17)34)12-11-15(3)4/h11,14,31-34H,7-10,12-13H2,1-6H3. The van der Waals surface area contributed by atoms with E-state index in [0.717, 1.165) is 11.6 Å². The van der Waals surface area contributed by atoms with Gasteiger partial charge in [-0.1, -0.05) is 25.5 Å². The van der Waals surface area contributed by atoms with E-state index in [0.29, 0.717) is 12.8 Å². The molecule has 0 amide bonds. The lowest BCUT2D eigenvalue weighted by Gasteiger charge is -2.34. The predicted molar refractivity (Wildman–Crippen MR) is 136 cm³/mol. The van der Waals surface area contributed by atoms with Crippen LogP contribution in [0.4, 0.5) is 0 Å². The summed E-state index contributed by atoms with van der Waals surface area (Å²) in [5, 5.41) is 43.4. The number of phenols is 2. The zero-order valence-corrected chi connectivity index (χ0v) is 21.8. The molecule has 1 aliphatic rings. The number of carbonyl (C=O) groups excluding carboxylic acids is 3. The molecule has 1 aliphatic carbocycles. The lowest BCUT2D eigenvalue weighted by atomic mass is 9.69. The Morgan fingerprint density at radius 1 is 1.03 bits per heavy atom. The molecule has 0 bridgehead atoms. The SMILES string of the molecule is CCCC(=O)C1=C(O)C(Cc2c(O)c(O)cc(OC)c2C(=O)CCC)=C(O)C(C)(CC=C(C)C)C1=O. The lowest BCUT2D eigenvalue weighted by Crippen LogP contribution is -2.39. The molecule has 4 N–H and O–H groups in total. The van der Waals surface area contributed by atoms with Crippen molar-refractivity contribution in [2.75, 3.05) is 7.11 Å². The Labute approximate surface area is 211 Å². The highest BCUT2D eigenvalue weighted by Crippen LogP contribution is 2.46. The molecule has 1 aromatic carbocycles. The molecule has 0 fully saturated rings. The summed E-state index contributed by atoms with van der Waals surface area (Å²) in [6, 6.07) is 1.12. The van der Waals surface area contributed by atoms with Gasteiger partial charge in [0.25, 0.3) is 0 Å². The molecule has 1 aromatic rings. The third-order valence-electron chi connectivity index (χ3n) is 6.41. The number of hydrogen-bond acceptors (Lipinski definition) is 8. The zero-order valence-electron chi connectivity index (χ0n) is 21.8. The van der Waals surface area contributed by atoms with Crippen LogP contribution in [0.1, 0.15) is 82.6 Å². The van der Waals surface area contributed by atoms with Gasteiger partial charge in [0, 0.05) is 36.5 Å². The monoisotopic (exact) mass is 500 g/mol. The third-order valence-corrected chi connectivity index (χ3v) is 6.41. The van der Waals surface area contributed by atoms with Gasteiger partial charge in [0.05, 0.1) is 18.1 Å². The van der Waals surface area contributed by atoms with Crippen molar-refractivity contribution in [1.29, 1.82) is 0 Å². The molecule has 1 unspecified atom stereocenters. The zero-order chi connectivity index (χ0) is 27.4. The van der Waals surface area contributed by atoms with Crippen molar-refractivity contribution in [3.05, 3.63) is 51.5 Å². The lowest BCUT2D eigenvalue weighted by molar-refractivity contribution is -0.127. The fourth-order valence-corrected chi connectivity index (χ4v) is 4.32. The number of benzene rings is 1. The van der Waals surface area contributed by atoms with Crippen molar-refractivity contribution >= 4 is 17.3 Å². The predicted octanol–water partition coefficient (Wildman–Crippen LogP) is 5.57. The van der Waals surface area contributed by atoms with E-state index < -0.39 is 52.0 Å². The molecule has 8 nitrogen and oxygen atoms in total. The van der Waals surface area contributed by atoms with Crippen LogP contribution in [0.25, 0.3) is 0 Å². The number of carbonyl (C=O) groups is 3. The molecule has 1 atom stereocenters. The van der Waals surface area contributed by atoms with Gasteiger partial charge in [-0.3, -0.25) is 14.4 Å². The molecule has 196 valence electrons. The Morgan fingerprint density at radius 2 is 1.61 bits per heavy atom. The number of hydrogen-bond donors (Lipinski definition) is 4. The first kappa shape index (κ1) is 28.7. The summed E-state index contributed by atoms with van der Waals surface area (Å²) in [7, 11) is 1.31. The second-order valence-corrected chi connectivity index (χ2v) is 9.52. The minimum atomic E-state index is -1.55. The second kappa shape index (κ2) is 11.5. The highest BCUT2D eigenvalue weighted by atomic mass is 16.5. The normalized spacial score (nSPS) is 17.9. The van der Waals surface area contributed by atoms with Crippen LogP contribution in [-0.2, 0) is 16.0 Å². The summed E-state index contributed by atoms with van der Waals surface area (Å²) in [5.41, 5.74) is -1.34. The Bertz CT molecular complexity index is 1160. The first-order valence-electron chi connectivity index (χ1n) is 12.1. The fourth-order valence-electron chi connectivity index (χ4n) is 4.32. The molecule has 0 saturated carbocycles. The maximum atomic E-state index is 13.5. The van der Waals surface area contributed by atoms with Crippen LogP contribution in [0.3, 0.4) is 0 Å². The minimum Gasteiger partial charge on any atom is -0.511 e. The number of methoxy groups -OCH3 is 1. The van der Waals surface area contributed by atoms with Gasteiger partial charge in [-0.25, -0.2) is 0 Å². The second-order valence-electron chi connectivity index (χ2n) is 9.52. The van der Waals surface area contributed by atoms with E-state index in [-0.39, 0.29) is 47.5 Å². The van der Waals surface area contributed by atoms with Crippen molar-refractivity contribution < 1.29 is 39.5 Å². The molecule has 36 heavy (non-hydrogen) atoms. The van der Waals surface area contributed by atoms with Crippen molar-refractivity contribution in [1.82, 2.24) is 0 Å².